The van der Waals surface area contributed by atoms with Crippen molar-refractivity contribution in [2.45, 2.75) is 6.92 Å². The molecule has 1 saturated heterocycles. The van der Waals surface area contributed by atoms with E-state index in [4.69, 9.17) is 4.74 Å². The van der Waals surface area contributed by atoms with Crippen molar-refractivity contribution in [3.8, 4) is 5.88 Å². The summed E-state index contributed by atoms with van der Waals surface area (Å²) in [5, 5.41) is 0. The molecule has 0 atom stereocenters. The number of anilines is 1. The van der Waals surface area contributed by atoms with Gasteiger partial charge in [-0.1, -0.05) is 0 Å². The molecule has 3 heterocycles. The van der Waals surface area contributed by atoms with Crippen molar-refractivity contribution in [3.63, 3.8) is 0 Å². The maximum absolute atomic E-state index is 12.7. The first-order chi connectivity index (χ1) is 11.3. The SMILES string of the molecule is CCOc1ncccc1C(=O)N1CCN(c2ccncc2)CC1. The lowest BCUT2D eigenvalue weighted by Gasteiger charge is -2.36. The van der Waals surface area contributed by atoms with E-state index in [1.807, 2.05) is 24.0 Å². The molecule has 6 nitrogen and oxygen atoms in total. The number of hydrogen-bond acceptors (Lipinski definition) is 5. The molecule has 0 aliphatic carbocycles. The van der Waals surface area contributed by atoms with Crippen LogP contribution in [0.3, 0.4) is 0 Å². The molecule has 0 saturated carbocycles. The Hall–Kier alpha value is -2.63. The lowest BCUT2D eigenvalue weighted by Crippen LogP contribution is -2.48. The fraction of sp³-hybridized carbons (Fsp3) is 0.353. The number of carbonyl (C=O) groups is 1. The Balaban J connectivity index is 1.67. The molecule has 0 aromatic carbocycles. The van der Waals surface area contributed by atoms with Gasteiger partial charge in [0.25, 0.3) is 5.91 Å². The summed E-state index contributed by atoms with van der Waals surface area (Å²) in [6, 6.07) is 7.52. The van der Waals surface area contributed by atoms with Crippen LogP contribution < -0.4 is 9.64 Å². The van der Waals surface area contributed by atoms with Crippen LogP contribution in [0.2, 0.25) is 0 Å². The molecule has 1 amide bonds. The molecular weight excluding hydrogens is 292 g/mol. The van der Waals surface area contributed by atoms with Crippen LogP contribution >= 0.6 is 0 Å². The first-order valence-electron chi connectivity index (χ1n) is 7.81. The lowest BCUT2D eigenvalue weighted by atomic mass is 10.2. The summed E-state index contributed by atoms with van der Waals surface area (Å²) in [6.07, 6.45) is 5.22. The third-order valence-corrected chi connectivity index (χ3v) is 3.88. The third kappa shape index (κ3) is 3.41. The van der Waals surface area contributed by atoms with Crippen molar-refractivity contribution in [1.82, 2.24) is 14.9 Å². The summed E-state index contributed by atoms with van der Waals surface area (Å²) in [5.41, 5.74) is 1.68. The van der Waals surface area contributed by atoms with Gasteiger partial charge >= 0.3 is 0 Å². The molecule has 2 aromatic rings. The molecule has 6 heteroatoms. The van der Waals surface area contributed by atoms with Gasteiger partial charge in [0.2, 0.25) is 5.88 Å². The molecule has 120 valence electrons. The Bertz CT molecular complexity index is 655. The number of amides is 1. The van der Waals surface area contributed by atoms with Crippen LogP contribution in [0.5, 0.6) is 5.88 Å². The average molecular weight is 312 g/mol. The molecule has 2 aromatic heterocycles. The van der Waals surface area contributed by atoms with Crippen LogP contribution in [-0.4, -0.2) is 53.6 Å². The predicted molar refractivity (Wildman–Crippen MR) is 87.8 cm³/mol. The number of pyridine rings is 2. The van der Waals surface area contributed by atoms with Gasteiger partial charge in [-0.25, -0.2) is 4.98 Å². The summed E-state index contributed by atoms with van der Waals surface area (Å²) in [6.45, 7) is 5.35. The molecule has 1 aliphatic heterocycles. The van der Waals surface area contributed by atoms with Crippen molar-refractivity contribution >= 4 is 11.6 Å². The van der Waals surface area contributed by atoms with E-state index < -0.39 is 0 Å². The average Bonchev–Trinajstić information content (AvgIpc) is 2.63. The van der Waals surface area contributed by atoms with Crippen LogP contribution in [0.25, 0.3) is 0 Å². The van der Waals surface area contributed by atoms with E-state index in [-0.39, 0.29) is 5.91 Å². The Kier molecular flexibility index (Phi) is 4.71. The van der Waals surface area contributed by atoms with Crippen LogP contribution in [0, 0.1) is 0 Å². The van der Waals surface area contributed by atoms with E-state index in [1.54, 1.807) is 30.7 Å². The van der Waals surface area contributed by atoms with E-state index in [2.05, 4.69) is 14.9 Å². The highest BCUT2D eigenvalue weighted by atomic mass is 16.5. The van der Waals surface area contributed by atoms with Gasteiger partial charge in [-0.15, -0.1) is 0 Å². The van der Waals surface area contributed by atoms with E-state index in [0.717, 1.165) is 18.8 Å². The van der Waals surface area contributed by atoms with Crippen LogP contribution in [0.15, 0.2) is 42.9 Å². The number of piperazine rings is 1. The van der Waals surface area contributed by atoms with Gasteiger partial charge in [-0.05, 0) is 31.2 Å². The highest BCUT2D eigenvalue weighted by Crippen LogP contribution is 2.20. The summed E-state index contributed by atoms with van der Waals surface area (Å²) in [4.78, 5) is 25.0. The Labute approximate surface area is 135 Å². The molecule has 1 aliphatic rings. The van der Waals surface area contributed by atoms with Crippen molar-refractivity contribution in [2.75, 3.05) is 37.7 Å². The van der Waals surface area contributed by atoms with Crippen LogP contribution in [0.4, 0.5) is 5.69 Å². The maximum Gasteiger partial charge on any atom is 0.259 e. The largest absolute Gasteiger partial charge is 0.477 e. The zero-order valence-corrected chi connectivity index (χ0v) is 13.2. The first-order valence-corrected chi connectivity index (χ1v) is 7.81. The van der Waals surface area contributed by atoms with Crippen LogP contribution in [-0.2, 0) is 0 Å². The number of rotatable bonds is 4. The highest BCUT2D eigenvalue weighted by Gasteiger charge is 2.24. The quantitative estimate of drug-likeness (QED) is 0.862. The second kappa shape index (κ2) is 7.09. The topological polar surface area (TPSA) is 58.6 Å². The molecule has 3 rings (SSSR count). The van der Waals surface area contributed by atoms with E-state index in [9.17, 15) is 4.79 Å². The number of hydrogen-bond donors (Lipinski definition) is 0. The molecule has 23 heavy (non-hydrogen) atoms. The molecule has 0 radical (unpaired) electrons. The fourth-order valence-electron chi connectivity index (χ4n) is 2.70. The predicted octanol–water partition coefficient (Wildman–Crippen LogP) is 1.84. The summed E-state index contributed by atoms with van der Waals surface area (Å²) < 4.78 is 5.46. The fourth-order valence-corrected chi connectivity index (χ4v) is 2.70. The zero-order valence-electron chi connectivity index (χ0n) is 13.2. The minimum absolute atomic E-state index is 0.0177. The Morgan fingerprint density at radius 3 is 2.57 bits per heavy atom. The minimum Gasteiger partial charge on any atom is -0.477 e. The zero-order chi connectivity index (χ0) is 16.1. The molecule has 0 spiro atoms. The molecule has 0 bridgehead atoms. The number of ether oxygens (including phenoxy) is 1. The maximum atomic E-state index is 12.7. The van der Waals surface area contributed by atoms with Crippen molar-refractivity contribution in [2.24, 2.45) is 0 Å². The second-order valence-corrected chi connectivity index (χ2v) is 5.27. The monoisotopic (exact) mass is 312 g/mol. The summed E-state index contributed by atoms with van der Waals surface area (Å²) in [7, 11) is 0. The standard InChI is InChI=1S/C17H20N4O2/c1-2-23-16-15(4-3-7-19-16)17(22)21-12-10-20(11-13-21)14-5-8-18-9-6-14/h3-9H,2,10-13H2,1H3. The first kappa shape index (κ1) is 15.3. The summed E-state index contributed by atoms with van der Waals surface area (Å²) >= 11 is 0. The third-order valence-electron chi connectivity index (χ3n) is 3.88. The number of nitrogens with zero attached hydrogens (tertiary/aromatic N) is 4. The number of aromatic nitrogens is 2. The van der Waals surface area contributed by atoms with E-state index in [1.165, 1.54) is 0 Å². The molecule has 1 fully saturated rings. The Morgan fingerprint density at radius 1 is 1.13 bits per heavy atom. The van der Waals surface area contributed by atoms with Gasteiger partial charge < -0.3 is 14.5 Å². The van der Waals surface area contributed by atoms with Gasteiger partial charge in [-0.3, -0.25) is 9.78 Å². The van der Waals surface area contributed by atoms with Crippen molar-refractivity contribution in [1.29, 1.82) is 0 Å². The summed E-state index contributed by atoms with van der Waals surface area (Å²) in [5.74, 6) is 0.396. The van der Waals surface area contributed by atoms with Crippen molar-refractivity contribution < 1.29 is 9.53 Å². The van der Waals surface area contributed by atoms with Crippen molar-refractivity contribution in [3.05, 3.63) is 48.4 Å². The highest BCUT2D eigenvalue weighted by molar-refractivity contribution is 5.96. The normalized spacial score (nSPS) is 14.7. The minimum atomic E-state index is -0.0177. The van der Waals surface area contributed by atoms with E-state index in [0.29, 0.717) is 31.1 Å². The van der Waals surface area contributed by atoms with Crippen LogP contribution in [0.1, 0.15) is 17.3 Å². The second-order valence-electron chi connectivity index (χ2n) is 5.27. The van der Waals surface area contributed by atoms with Gasteiger partial charge in [0.1, 0.15) is 5.56 Å². The number of carbonyl (C=O) groups excluding carboxylic acids is 1. The van der Waals surface area contributed by atoms with Gasteiger partial charge in [-0.2, -0.15) is 0 Å². The van der Waals surface area contributed by atoms with E-state index >= 15 is 0 Å². The Morgan fingerprint density at radius 2 is 1.87 bits per heavy atom. The molecule has 0 N–H and O–H groups in total. The molecule has 0 unspecified atom stereocenters. The van der Waals surface area contributed by atoms with Gasteiger partial charge in [0.15, 0.2) is 0 Å². The van der Waals surface area contributed by atoms with Gasteiger partial charge in [0.05, 0.1) is 6.61 Å². The van der Waals surface area contributed by atoms with Gasteiger partial charge in [0, 0.05) is 50.5 Å². The molecular formula is C17H20N4O2. The lowest BCUT2D eigenvalue weighted by molar-refractivity contribution is 0.0741. The smallest absolute Gasteiger partial charge is 0.259 e.